The number of amidine groups is 1. The maximum absolute atomic E-state index is 12.5. The van der Waals surface area contributed by atoms with Gasteiger partial charge in [0, 0.05) is 8.59 Å². The molecule has 1 aliphatic heterocycles. The van der Waals surface area contributed by atoms with Crippen LogP contribution in [0.5, 0.6) is 11.5 Å². The number of amides is 1. The molecule has 174 valence electrons. The lowest BCUT2D eigenvalue weighted by Gasteiger charge is -2.13. The van der Waals surface area contributed by atoms with Crippen molar-refractivity contribution in [3.63, 3.8) is 0 Å². The van der Waals surface area contributed by atoms with Gasteiger partial charge in [-0.2, -0.15) is 0 Å². The van der Waals surface area contributed by atoms with Gasteiger partial charge in [-0.15, -0.1) is 0 Å². The summed E-state index contributed by atoms with van der Waals surface area (Å²) in [6.07, 6.45) is 1.82. The summed E-state index contributed by atoms with van der Waals surface area (Å²) in [7, 11) is 0. The lowest BCUT2D eigenvalue weighted by atomic mass is 10.2. The summed E-state index contributed by atoms with van der Waals surface area (Å²) < 4.78 is 13.0. The van der Waals surface area contributed by atoms with E-state index in [4.69, 9.17) is 21.1 Å². The van der Waals surface area contributed by atoms with Gasteiger partial charge in [0.05, 0.1) is 17.2 Å². The maximum atomic E-state index is 12.5. The average Bonchev–Trinajstić information content (AvgIpc) is 3.16. The van der Waals surface area contributed by atoms with E-state index in [1.54, 1.807) is 0 Å². The molecule has 0 spiro atoms. The minimum atomic E-state index is -0.194. The molecule has 3 aromatic rings. The van der Waals surface area contributed by atoms with E-state index in [2.05, 4.69) is 32.9 Å². The number of carbonyl (C=O) groups excluding carboxylic acids is 1. The predicted molar refractivity (Wildman–Crippen MR) is 148 cm³/mol. The summed E-state index contributed by atoms with van der Waals surface area (Å²) >= 11 is 9.75. The third-order valence-electron chi connectivity index (χ3n) is 4.98. The van der Waals surface area contributed by atoms with Gasteiger partial charge in [-0.05, 0) is 107 Å². The number of benzene rings is 3. The monoisotopic (exact) mass is 604 g/mol. The molecule has 34 heavy (non-hydrogen) atoms. The second kappa shape index (κ2) is 11.3. The molecule has 0 atom stereocenters. The Balaban J connectivity index is 1.52. The molecule has 0 unspecified atom stereocenters. The van der Waals surface area contributed by atoms with Gasteiger partial charge in [0.1, 0.15) is 6.61 Å². The number of hydrogen-bond acceptors (Lipinski definition) is 5. The molecule has 1 saturated heterocycles. The highest BCUT2D eigenvalue weighted by Gasteiger charge is 2.24. The molecule has 3 aromatic carbocycles. The zero-order chi connectivity index (χ0) is 24.1. The molecule has 1 fully saturated rings. The van der Waals surface area contributed by atoms with Gasteiger partial charge >= 0.3 is 0 Å². The summed E-state index contributed by atoms with van der Waals surface area (Å²) in [6, 6.07) is 19.4. The van der Waals surface area contributed by atoms with E-state index in [0.29, 0.717) is 39.8 Å². The van der Waals surface area contributed by atoms with Crippen molar-refractivity contribution in [3.05, 3.63) is 90.9 Å². The summed E-state index contributed by atoms with van der Waals surface area (Å²) in [4.78, 5) is 17.6. The molecular weight excluding hydrogens is 583 g/mol. The van der Waals surface area contributed by atoms with Gasteiger partial charge in [-0.25, -0.2) is 4.99 Å². The third kappa shape index (κ3) is 6.14. The number of halogens is 2. The molecule has 1 heterocycles. The molecule has 0 aromatic heterocycles. The minimum absolute atomic E-state index is 0.194. The summed E-state index contributed by atoms with van der Waals surface area (Å²) in [5, 5.41) is 3.98. The SMILES string of the molecule is CCOc1cc(/C=C2/SC(=Nc3cccc(Cl)c3C)NC2=O)ccc1OCc1ccc(I)cc1. The van der Waals surface area contributed by atoms with Crippen LogP contribution in [0, 0.1) is 10.5 Å². The van der Waals surface area contributed by atoms with Gasteiger partial charge in [0.2, 0.25) is 0 Å². The molecule has 0 saturated carbocycles. The summed E-state index contributed by atoms with van der Waals surface area (Å²) in [5.74, 6) is 1.10. The van der Waals surface area contributed by atoms with Crippen molar-refractivity contribution in [1.29, 1.82) is 0 Å². The maximum Gasteiger partial charge on any atom is 0.264 e. The Bertz CT molecular complexity index is 1280. The Labute approximate surface area is 221 Å². The summed E-state index contributed by atoms with van der Waals surface area (Å²) in [6.45, 7) is 4.77. The fourth-order valence-electron chi connectivity index (χ4n) is 3.20. The fraction of sp³-hybridized carbons (Fsp3) is 0.154. The van der Waals surface area contributed by atoms with Gasteiger partial charge in [0.25, 0.3) is 5.91 Å². The number of rotatable bonds is 7. The Morgan fingerprint density at radius 3 is 2.65 bits per heavy atom. The van der Waals surface area contributed by atoms with Crippen molar-refractivity contribution in [2.45, 2.75) is 20.5 Å². The van der Waals surface area contributed by atoms with Crippen LogP contribution in [0.25, 0.3) is 6.08 Å². The van der Waals surface area contributed by atoms with E-state index in [1.165, 1.54) is 15.3 Å². The molecule has 1 aliphatic rings. The van der Waals surface area contributed by atoms with Crippen molar-refractivity contribution in [2.24, 2.45) is 4.99 Å². The van der Waals surface area contributed by atoms with Crippen LogP contribution in [0.4, 0.5) is 5.69 Å². The molecule has 1 N–H and O–H groups in total. The predicted octanol–water partition coefficient (Wildman–Crippen LogP) is 7.12. The number of hydrogen-bond donors (Lipinski definition) is 1. The fourth-order valence-corrected chi connectivity index (χ4v) is 4.57. The van der Waals surface area contributed by atoms with Crippen LogP contribution in [-0.2, 0) is 11.4 Å². The zero-order valence-corrected chi connectivity index (χ0v) is 22.3. The number of ether oxygens (including phenoxy) is 2. The Kier molecular flexibility index (Phi) is 8.18. The van der Waals surface area contributed by atoms with Crippen LogP contribution in [0.15, 0.2) is 70.6 Å². The highest BCUT2D eigenvalue weighted by atomic mass is 127. The molecule has 4 rings (SSSR count). The van der Waals surface area contributed by atoms with Crippen LogP contribution in [0.3, 0.4) is 0 Å². The topological polar surface area (TPSA) is 59.9 Å². The second-order valence-corrected chi connectivity index (χ2v) is 10.1. The standard InChI is InChI=1S/C26H22ClIN2O3S/c1-3-32-23-13-18(9-12-22(23)33-15-17-7-10-19(28)11-8-17)14-24-25(31)30-26(34-24)29-21-6-4-5-20(27)16(21)2/h4-14H,3,15H2,1-2H3,(H,29,30,31)/b24-14+. The van der Waals surface area contributed by atoms with Crippen molar-refractivity contribution < 1.29 is 14.3 Å². The van der Waals surface area contributed by atoms with E-state index in [9.17, 15) is 4.79 Å². The first kappa shape index (κ1) is 24.6. The van der Waals surface area contributed by atoms with E-state index in [-0.39, 0.29) is 5.91 Å². The second-order valence-electron chi connectivity index (χ2n) is 7.42. The largest absolute Gasteiger partial charge is 0.490 e. The molecule has 0 bridgehead atoms. The lowest BCUT2D eigenvalue weighted by Crippen LogP contribution is -2.19. The Hall–Kier alpha value is -2.49. The number of nitrogens with zero attached hydrogens (tertiary/aromatic N) is 1. The first-order valence-electron chi connectivity index (χ1n) is 10.6. The molecule has 1 amide bonds. The first-order chi connectivity index (χ1) is 16.4. The first-order valence-corrected chi connectivity index (χ1v) is 12.9. The minimum Gasteiger partial charge on any atom is -0.490 e. The smallest absolute Gasteiger partial charge is 0.264 e. The van der Waals surface area contributed by atoms with Gasteiger partial charge in [-0.1, -0.05) is 35.9 Å². The van der Waals surface area contributed by atoms with Crippen molar-refractivity contribution >= 4 is 68.8 Å². The van der Waals surface area contributed by atoms with Crippen molar-refractivity contribution in [3.8, 4) is 11.5 Å². The number of thioether (sulfide) groups is 1. The van der Waals surface area contributed by atoms with Crippen LogP contribution in [0.1, 0.15) is 23.6 Å². The van der Waals surface area contributed by atoms with Crippen LogP contribution in [-0.4, -0.2) is 17.7 Å². The number of aliphatic imine (C=N–C) groups is 1. The van der Waals surface area contributed by atoms with Gasteiger partial charge in [-0.3, -0.25) is 4.79 Å². The number of nitrogens with one attached hydrogen (secondary N) is 1. The Morgan fingerprint density at radius 2 is 1.88 bits per heavy atom. The van der Waals surface area contributed by atoms with Crippen LogP contribution >= 0.6 is 46.0 Å². The molecular formula is C26H22ClIN2O3S. The molecule has 0 radical (unpaired) electrons. The van der Waals surface area contributed by atoms with E-state index < -0.39 is 0 Å². The van der Waals surface area contributed by atoms with E-state index >= 15 is 0 Å². The van der Waals surface area contributed by atoms with E-state index in [0.717, 1.165) is 22.4 Å². The van der Waals surface area contributed by atoms with Crippen LogP contribution in [0.2, 0.25) is 5.02 Å². The number of carbonyl (C=O) groups is 1. The van der Waals surface area contributed by atoms with Gasteiger partial charge < -0.3 is 14.8 Å². The Morgan fingerprint density at radius 1 is 1.09 bits per heavy atom. The van der Waals surface area contributed by atoms with Crippen molar-refractivity contribution in [2.75, 3.05) is 6.61 Å². The third-order valence-corrected chi connectivity index (χ3v) is 7.02. The van der Waals surface area contributed by atoms with Crippen molar-refractivity contribution in [1.82, 2.24) is 5.32 Å². The van der Waals surface area contributed by atoms with Crippen LogP contribution < -0.4 is 14.8 Å². The lowest BCUT2D eigenvalue weighted by molar-refractivity contribution is -0.115. The molecule has 0 aliphatic carbocycles. The quantitative estimate of drug-likeness (QED) is 0.230. The highest BCUT2D eigenvalue weighted by Crippen LogP contribution is 2.34. The average molecular weight is 605 g/mol. The highest BCUT2D eigenvalue weighted by molar-refractivity contribution is 14.1. The summed E-state index contributed by atoms with van der Waals surface area (Å²) in [5.41, 5.74) is 3.51. The van der Waals surface area contributed by atoms with Gasteiger partial charge in [0.15, 0.2) is 16.7 Å². The molecule has 8 heteroatoms. The molecule has 5 nitrogen and oxygen atoms in total. The zero-order valence-electron chi connectivity index (χ0n) is 18.6. The normalized spacial score (nSPS) is 15.6. The van der Waals surface area contributed by atoms with E-state index in [1.807, 2.05) is 80.6 Å².